The minimum atomic E-state index is -0.261. The monoisotopic (exact) mass is 889 g/mol. The van der Waals surface area contributed by atoms with Gasteiger partial charge in [0.15, 0.2) is 0 Å². The van der Waals surface area contributed by atoms with Crippen molar-refractivity contribution in [2.45, 2.75) is 0 Å². The van der Waals surface area contributed by atoms with E-state index in [9.17, 15) is 8.78 Å². The van der Waals surface area contributed by atoms with E-state index in [0.29, 0.717) is 0 Å². The van der Waals surface area contributed by atoms with Crippen molar-refractivity contribution in [3.05, 3.63) is 260 Å². The van der Waals surface area contributed by atoms with Crippen LogP contribution in [-0.2, 0) is 0 Å². The summed E-state index contributed by atoms with van der Waals surface area (Å²) in [6.45, 7) is 0. The lowest BCUT2D eigenvalue weighted by Crippen LogP contribution is -2.10. The molecule has 0 fully saturated rings. The third-order valence-corrected chi connectivity index (χ3v) is 13.6. The molecule has 2 aromatic heterocycles. The highest BCUT2D eigenvalue weighted by atomic mass is 19.1. The van der Waals surface area contributed by atoms with Crippen molar-refractivity contribution in [2.24, 2.45) is 0 Å². The Bertz CT molecular complexity index is 3890. The van der Waals surface area contributed by atoms with E-state index in [2.05, 4.69) is 214 Å². The van der Waals surface area contributed by atoms with Gasteiger partial charge in [-0.15, -0.1) is 0 Å². The molecule has 0 aliphatic carbocycles. The largest absolute Gasteiger partial charge is 0.310 e. The molecule has 0 unspecified atom stereocenters. The molecule has 11 aromatic carbocycles. The van der Waals surface area contributed by atoms with Gasteiger partial charge in [-0.05, 0) is 172 Å². The minimum Gasteiger partial charge on any atom is -0.310 e. The number of hydrogen-bond donors (Lipinski definition) is 0. The SMILES string of the molecule is Fc1ccc(-n2c3ccccc3c3cc(-c4cc(-c5ccc(N(c6ccccc6)c6cccc7ccccc67)cc5)cc(-c5ccc6c(c5)c5ccccc5n6-c5ccc(F)cc5)c4)ccc32)cc1. The first-order valence-electron chi connectivity index (χ1n) is 23.2. The van der Waals surface area contributed by atoms with Gasteiger partial charge in [-0.2, -0.15) is 0 Å². The lowest BCUT2D eigenvalue weighted by Gasteiger charge is -2.27. The molecule has 13 aromatic rings. The molecular weight excluding hydrogens is 849 g/mol. The highest BCUT2D eigenvalue weighted by Gasteiger charge is 2.19. The first-order chi connectivity index (χ1) is 34.0. The fourth-order valence-corrected chi connectivity index (χ4v) is 10.4. The Morgan fingerprint density at radius 2 is 0.696 bits per heavy atom. The lowest BCUT2D eigenvalue weighted by molar-refractivity contribution is 0.627. The summed E-state index contributed by atoms with van der Waals surface area (Å²) < 4.78 is 32.7. The van der Waals surface area contributed by atoms with Crippen molar-refractivity contribution in [3.63, 3.8) is 0 Å². The van der Waals surface area contributed by atoms with Gasteiger partial charge in [0.05, 0.1) is 27.8 Å². The van der Waals surface area contributed by atoms with Crippen molar-refractivity contribution in [1.82, 2.24) is 9.13 Å². The van der Waals surface area contributed by atoms with Crippen LogP contribution in [0.15, 0.2) is 249 Å². The number of para-hydroxylation sites is 3. The highest BCUT2D eigenvalue weighted by molar-refractivity contribution is 6.12. The number of halogens is 2. The number of rotatable bonds is 8. The van der Waals surface area contributed by atoms with E-state index in [0.717, 1.165) is 105 Å². The van der Waals surface area contributed by atoms with E-state index in [1.54, 1.807) is 0 Å². The molecule has 0 bridgehead atoms. The topological polar surface area (TPSA) is 13.1 Å². The average molecular weight is 890 g/mol. The van der Waals surface area contributed by atoms with E-state index in [1.807, 2.05) is 24.3 Å². The van der Waals surface area contributed by atoms with E-state index < -0.39 is 0 Å². The van der Waals surface area contributed by atoms with Crippen LogP contribution in [0, 0.1) is 11.6 Å². The third-order valence-electron chi connectivity index (χ3n) is 13.6. The lowest BCUT2D eigenvalue weighted by atomic mass is 9.92. The summed E-state index contributed by atoms with van der Waals surface area (Å²) >= 11 is 0. The maximum Gasteiger partial charge on any atom is 0.123 e. The van der Waals surface area contributed by atoms with Gasteiger partial charge < -0.3 is 14.0 Å². The smallest absolute Gasteiger partial charge is 0.123 e. The highest BCUT2D eigenvalue weighted by Crippen LogP contribution is 2.43. The standard InChI is InChI=1S/C64H41F2N3/c65-49-25-31-53(32-26-49)68-61-18-8-6-16-56(61)58-40-44(23-35-63(58)68)47-37-46(42-21-29-52(30-22-42)67(51-13-2-1-3-14-51)60-20-10-12-43-11-4-5-15-55(43)60)38-48(39-47)45-24-36-64-59(41-45)57-17-7-9-19-62(57)69(64)54-33-27-50(66)28-34-54/h1-41H. The first-order valence-corrected chi connectivity index (χ1v) is 23.2. The Morgan fingerprint density at radius 3 is 1.25 bits per heavy atom. The van der Waals surface area contributed by atoms with Crippen molar-refractivity contribution < 1.29 is 8.78 Å². The minimum absolute atomic E-state index is 0.261. The average Bonchev–Trinajstić information content (AvgIpc) is 3.92. The molecule has 0 N–H and O–H groups in total. The second kappa shape index (κ2) is 16.4. The number of nitrogens with zero attached hydrogens (tertiary/aromatic N) is 3. The molecule has 3 nitrogen and oxygen atoms in total. The van der Waals surface area contributed by atoms with Gasteiger partial charge in [0.1, 0.15) is 11.6 Å². The summed E-state index contributed by atoms with van der Waals surface area (Å²) in [6.07, 6.45) is 0. The van der Waals surface area contributed by atoms with Crippen molar-refractivity contribution in [3.8, 4) is 44.8 Å². The molecule has 0 amide bonds. The fraction of sp³-hybridized carbons (Fsp3) is 0. The zero-order valence-electron chi connectivity index (χ0n) is 37.3. The van der Waals surface area contributed by atoms with Gasteiger partial charge in [0, 0.05) is 49.7 Å². The Labute approximate surface area is 397 Å². The molecule has 0 spiro atoms. The second-order valence-electron chi connectivity index (χ2n) is 17.6. The summed E-state index contributed by atoms with van der Waals surface area (Å²) in [5.74, 6) is -0.522. The molecule has 0 saturated carbocycles. The van der Waals surface area contributed by atoms with Crippen LogP contribution >= 0.6 is 0 Å². The molecule has 0 aliphatic rings. The molecule has 0 saturated heterocycles. The molecule has 326 valence electrons. The number of benzene rings is 11. The Kier molecular flexibility index (Phi) is 9.55. The van der Waals surface area contributed by atoms with Gasteiger partial charge in [-0.3, -0.25) is 0 Å². The van der Waals surface area contributed by atoms with Crippen molar-refractivity contribution in [1.29, 1.82) is 0 Å². The molecule has 2 heterocycles. The summed E-state index contributed by atoms with van der Waals surface area (Å²) in [7, 11) is 0. The molecule has 5 heteroatoms. The Morgan fingerprint density at radius 1 is 0.275 bits per heavy atom. The Balaban J connectivity index is 0.987. The van der Waals surface area contributed by atoms with E-state index in [-0.39, 0.29) is 11.6 Å². The van der Waals surface area contributed by atoms with Crippen LogP contribution in [0.25, 0.3) is 99.1 Å². The van der Waals surface area contributed by atoms with E-state index in [4.69, 9.17) is 0 Å². The van der Waals surface area contributed by atoms with Gasteiger partial charge in [-0.25, -0.2) is 8.78 Å². The van der Waals surface area contributed by atoms with Gasteiger partial charge in [0.2, 0.25) is 0 Å². The molecular formula is C64H41F2N3. The summed E-state index contributed by atoms with van der Waals surface area (Å²) in [4.78, 5) is 2.34. The number of anilines is 3. The second-order valence-corrected chi connectivity index (χ2v) is 17.6. The quantitative estimate of drug-likeness (QED) is 0.148. The predicted octanol–water partition coefficient (Wildman–Crippen LogP) is 17.8. The summed E-state index contributed by atoms with van der Waals surface area (Å²) in [5.41, 5.74) is 15.8. The van der Waals surface area contributed by atoms with E-state index in [1.165, 1.54) is 35.0 Å². The maximum atomic E-state index is 14.2. The van der Waals surface area contributed by atoms with E-state index >= 15 is 0 Å². The van der Waals surface area contributed by atoms with Crippen LogP contribution in [-0.4, -0.2) is 9.13 Å². The van der Waals surface area contributed by atoms with Crippen LogP contribution in [0.4, 0.5) is 25.8 Å². The van der Waals surface area contributed by atoms with Crippen molar-refractivity contribution in [2.75, 3.05) is 4.90 Å². The molecule has 13 rings (SSSR count). The van der Waals surface area contributed by atoms with Gasteiger partial charge >= 0.3 is 0 Å². The van der Waals surface area contributed by atoms with Gasteiger partial charge in [-0.1, -0.05) is 115 Å². The van der Waals surface area contributed by atoms with Crippen LogP contribution in [0.3, 0.4) is 0 Å². The maximum absolute atomic E-state index is 14.2. The van der Waals surface area contributed by atoms with Crippen LogP contribution in [0.5, 0.6) is 0 Å². The fourth-order valence-electron chi connectivity index (χ4n) is 10.4. The summed E-state index contributed by atoms with van der Waals surface area (Å²) in [6, 6.07) is 85.1. The third kappa shape index (κ3) is 6.94. The molecule has 0 atom stereocenters. The summed E-state index contributed by atoms with van der Waals surface area (Å²) in [5, 5.41) is 6.86. The predicted molar refractivity (Wildman–Crippen MR) is 284 cm³/mol. The number of fused-ring (bicyclic) bond motifs is 7. The zero-order valence-corrected chi connectivity index (χ0v) is 37.3. The van der Waals surface area contributed by atoms with Crippen molar-refractivity contribution >= 4 is 71.4 Å². The molecule has 0 radical (unpaired) electrons. The molecule has 69 heavy (non-hydrogen) atoms. The normalized spacial score (nSPS) is 11.6. The number of aromatic nitrogens is 2. The van der Waals surface area contributed by atoms with Gasteiger partial charge in [0.25, 0.3) is 0 Å². The first kappa shape index (κ1) is 40.2. The number of hydrogen-bond acceptors (Lipinski definition) is 1. The van der Waals surface area contributed by atoms with Crippen LogP contribution < -0.4 is 4.90 Å². The molecule has 0 aliphatic heterocycles. The Hall–Kier alpha value is -9.06. The van der Waals surface area contributed by atoms with Crippen LogP contribution in [0.2, 0.25) is 0 Å². The zero-order chi connectivity index (χ0) is 46.0. The van der Waals surface area contributed by atoms with Crippen LogP contribution in [0.1, 0.15) is 0 Å².